The van der Waals surface area contributed by atoms with Crippen LogP contribution >= 0.6 is 0 Å². The summed E-state index contributed by atoms with van der Waals surface area (Å²) in [5.74, 6) is -1.75. The standard InChI is InChI=1S/C16H20O6/c1-13(2,3)21-12(19)16-10(17)5-7-14(4,22-16)9-15(16)8-6-11(18)20-15/h6,8H,5,7,9H2,1-4H3/t14-,15+,16-/m0/s1. The summed E-state index contributed by atoms with van der Waals surface area (Å²) in [5, 5.41) is 0. The highest BCUT2D eigenvalue weighted by Crippen LogP contribution is 2.56. The normalized spacial score (nSPS) is 40.2. The van der Waals surface area contributed by atoms with Gasteiger partial charge in [0.05, 0.1) is 5.60 Å². The highest BCUT2D eigenvalue weighted by atomic mass is 16.6. The second-order valence-electron chi connectivity index (χ2n) is 7.48. The molecule has 6 nitrogen and oxygen atoms in total. The van der Waals surface area contributed by atoms with E-state index in [0.717, 1.165) is 0 Å². The molecule has 6 heteroatoms. The number of esters is 2. The Kier molecular flexibility index (Phi) is 2.90. The number of hydrogen-bond acceptors (Lipinski definition) is 6. The first-order chi connectivity index (χ1) is 10.0. The molecule has 3 heterocycles. The summed E-state index contributed by atoms with van der Waals surface area (Å²) >= 11 is 0. The van der Waals surface area contributed by atoms with E-state index in [2.05, 4.69) is 0 Å². The maximum Gasteiger partial charge on any atom is 0.351 e. The highest BCUT2D eigenvalue weighted by Gasteiger charge is 2.76. The Morgan fingerprint density at radius 1 is 1.32 bits per heavy atom. The van der Waals surface area contributed by atoms with Crippen molar-refractivity contribution < 1.29 is 28.6 Å². The molecule has 120 valence electrons. The van der Waals surface area contributed by atoms with Crippen molar-refractivity contribution in [3.8, 4) is 0 Å². The molecular formula is C16H20O6. The summed E-state index contributed by atoms with van der Waals surface area (Å²) in [7, 11) is 0. The van der Waals surface area contributed by atoms with Gasteiger partial charge in [0.25, 0.3) is 5.60 Å². The van der Waals surface area contributed by atoms with E-state index in [9.17, 15) is 14.4 Å². The van der Waals surface area contributed by atoms with Gasteiger partial charge in [-0.3, -0.25) is 4.79 Å². The highest BCUT2D eigenvalue weighted by molar-refractivity contribution is 6.11. The lowest BCUT2D eigenvalue weighted by Crippen LogP contribution is -2.64. The minimum atomic E-state index is -1.89. The fourth-order valence-corrected chi connectivity index (χ4v) is 3.57. The maximum atomic E-state index is 12.8. The van der Waals surface area contributed by atoms with E-state index < -0.39 is 40.1 Å². The first kappa shape index (κ1) is 15.2. The summed E-state index contributed by atoms with van der Waals surface area (Å²) in [4.78, 5) is 37.1. The minimum Gasteiger partial charge on any atom is -0.457 e. The fraction of sp³-hybridized carbons (Fsp3) is 0.688. The van der Waals surface area contributed by atoms with Gasteiger partial charge in [0.2, 0.25) is 0 Å². The van der Waals surface area contributed by atoms with Gasteiger partial charge in [-0.25, -0.2) is 9.59 Å². The van der Waals surface area contributed by atoms with Crippen LogP contribution in [0, 0.1) is 0 Å². The number of ether oxygens (including phenoxy) is 3. The summed E-state index contributed by atoms with van der Waals surface area (Å²) in [6.45, 7) is 6.97. The second kappa shape index (κ2) is 4.19. The third-order valence-corrected chi connectivity index (χ3v) is 4.36. The van der Waals surface area contributed by atoms with E-state index in [0.29, 0.717) is 6.42 Å². The quantitative estimate of drug-likeness (QED) is 0.539. The van der Waals surface area contributed by atoms with Crippen molar-refractivity contribution in [2.24, 2.45) is 0 Å². The minimum absolute atomic E-state index is 0.197. The Morgan fingerprint density at radius 3 is 2.55 bits per heavy atom. The molecule has 1 spiro atoms. The van der Waals surface area contributed by atoms with E-state index in [1.54, 1.807) is 20.8 Å². The molecule has 0 radical (unpaired) electrons. The second-order valence-corrected chi connectivity index (χ2v) is 7.48. The van der Waals surface area contributed by atoms with E-state index in [1.165, 1.54) is 12.2 Å². The molecule has 3 atom stereocenters. The van der Waals surface area contributed by atoms with Crippen LogP contribution in [0.15, 0.2) is 12.2 Å². The Bertz CT molecular complexity index is 600. The Morgan fingerprint density at radius 2 is 2.00 bits per heavy atom. The van der Waals surface area contributed by atoms with Crippen LogP contribution < -0.4 is 0 Å². The SMILES string of the molecule is CC(C)(C)OC(=O)[C@@]12O[C@@](C)(CCC1=O)C[C@]21C=CC(=O)O1. The van der Waals surface area contributed by atoms with Gasteiger partial charge < -0.3 is 14.2 Å². The molecular weight excluding hydrogens is 288 g/mol. The van der Waals surface area contributed by atoms with Gasteiger partial charge in [-0.05, 0) is 40.2 Å². The van der Waals surface area contributed by atoms with Crippen LogP contribution in [0.25, 0.3) is 0 Å². The predicted octanol–water partition coefficient (Wildman–Crippen LogP) is 1.46. The first-order valence-electron chi connectivity index (χ1n) is 7.41. The van der Waals surface area contributed by atoms with Gasteiger partial charge in [-0.15, -0.1) is 0 Å². The van der Waals surface area contributed by atoms with Crippen LogP contribution in [-0.4, -0.2) is 40.1 Å². The number of hydrogen-bond donors (Lipinski definition) is 0. The smallest absolute Gasteiger partial charge is 0.351 e. The number of rotatable bonds is 1. The molecule has 0 N–H and O–H groups in total. The molecule has 0 aromatic rings. The molecule has 3 aliphatic heterocycles. The lowest BCUT2D eigenvalue weighted by atomic mass is 9.79. The molecule has 0 aromatic heterocycles. The number of carbonyl (C=O) groups excluding carboxylic acids is 3. The monoisotopic (exact) mass is 308 g/mol. The summed E-state index contributed by atoms with van der Waals surface area (Å²) in [6, 6.07) is 0. The Hall–Kier alpha value is -1.69. The lowest BCUT2D eigenvalue weighted by Gasteiger charge is -2.40. The summed E-state index contributed by atoms with van der Waals surface area (Å²) < 4.78 is 16.8. The van der Waals surface area contributed by atoms with Gasteiger partial charge in [0, 0.05) is 18.9 Å². The molecule has 0 aromatic carbocycles. The fourth-order valence-electron chi connectivity index (χ4n) is 3.57. The molecule has 0 amide bonds. The van der Waals surface area contributed by atoms with Gasteiger partial charge >= 0.3 is 11.9 Å². The van der Waals surface area contributed by atoms with E-state index in [1.807, 2.05) is 6.92 Å². The molecule has 22 heavy (non-hydrogen) atoms. The lowest BCUT2D eigenvalue weighted by molar-refractivity contribution is -0.212. The molecule has 0 saturated carbocycles. The summed E-state index contributed by atoms with van der Waals surface area (Å²) in [5.41, 5.74) is -4.76. The van der Waals surface area contributed by atoms with Crippen molar-refractivity contribution in [1.82, 2.24) is 0 Å². The Balaban J connectivity index is 2.11. The first-order valence-corrected chi connectivity index (χ1v) is 7.41. The van der Waals surface area contributed by atoms with E-state index in [4.69, 9.17) is 14.2 Å². The average Bonchev–Trinajstić information content (AvgIpc) is 2.82. The van der Waals surface area contributed by atoms with Gasteiger partial charge in [-0.1, -0.05) is 0 Å². The molecule has 3 aliphatic rings. The third kappa shape index (κ3) is 1.93. The van der Waals surface area contributed by atoms with Crippen molar-refractivity contribution in [2.75, 3.05) is 0 Å². The topological polar surface area (TPSA) is 78.9 Å². The van der Waals surface area contributed by atoms with Crippen LogP contribution in [0.2, 0.25) is 0 Å². The number of fused-ring (bicyclic) bond motifs is 3. The van der Waals surface area contributed by atoms with Crippen LogP contribution in [-0.2, 0) is 28.6 Å². The van der Waals surface area contributed by atoms with Crippen molar-refractivity contribution in [3.63, 3.8) is 0 Å². The van der Waals surface area contributed by atoms with Gasteiger partial charge in [0.1, 0.15) is 5.60 Å². The largest absolute Gasteiger partial charge is 0.457 e. The van der Waals surface area contributed by atoms with E-state index in [-0.39, 0.29) is 12.8 Å². The molecule has 3 rings (SSSR count). The van der Waals surface area contributed by atoms with Crippen LogP contribution in [0.4, 0.5) is 0 Å². The van der Waals surface area contributed by atoms with Gasteiger partial charge in [0.15, 0.2) is 11.4 Å². The van der Waals surface area contributed by atoms with Crippen LogP contribution in [0.1, 0.15) is 47.0 Å². The molecule has 0 aliphatic carbocycles. The number of carbonyl (C=O) groups is 3. The molecule has 2 bridgehead atoms. The zero-order chi connectivity index (χ0) is 16.4. The van der Waals surface area contributed by atoms with Gasteiger partial charge in [-0.2, -0.15) is 0 Å². The van der Waals surface area contributed by atoms with Crippen LogP contribution in [0.5, 0.6) is 0 Å². The van der Waals surface area contributed by atoms with Crippen LogP contribution in [0.3, 0.4) is 0 Å². The zero-order valence-corrected chi connectivity index (χ0v) is 13.2. The maximum absolute atomic E-state index is 12.8. The van der Waals surface area contributed by atoms with Crippen molar-refractivity contribution in [2.45, 2.75) is 69.4 Å². The number of Topliss-reactive ketones (excluding diaryl/α,β-unsaturated/α-hetero) is 1. The molecule has 0 unspecified atom stereocenters. The molecule has 2 saturated heterocycles. The third-order valence-electron chi connectivity index (χ3n) is 4.36. The summed E-state index contributed by atoms with van der Waals surface area (Å²) in [6.07, 6.45) is 3.68. The Labute approximate surface area is 128 Å². The molecule has 2 fully saturated rings. The zero-order valence-electron chi connectivity index (χ0n) is 13.2. The predicted molar refractivity (Wildman–Crippen MR) is 74.9 cm³/mol. The van der Waals surface area contributed by atoms with E-state index >= 15 is 0 Å². The van der Waals surface area contributed by atoms with Crippen molar-refractivity contribution in [1.29, 1.82) is 0 Å². The number of ketones is 1. The van der Waals surface area contributed by atoms with Crippen molar-refractivity contribution in [3.05, 3.63) is 12.2 Å². The van der Waals surface area contributed by atoms with Crippen molar-refractivity contribution >= 4 is 17.7 Å². The average molecular weight is 308 g/mol.